The molecule has 1 aromatic rings. The van der Waals surface area contributed by atoms with E-state index < -0.39 is 0 Å². The van der Waals surface area contributed by atoms with Gasteiger partial charge in [0.1, 0.15) is 0 Å². The summed E-state index contributed by atoms with van der Waals surface area (Å²) in [6, 6.07) is 7.29. The van der Waals surface area contributed by atoms with Gasteiger partial charge in [0.2, 0.25) is 0 Å². The van der Waals surface area contributed by atoms with Crippen LogP contribution in [0.1, 0.15) is 64.1 Å². The van der Waals surface area contributed by atoms with Crippen molar-refractivity contribution in [1.29, 1.82) is 0 Å². The Balaban J connectivity index is 2.29. The molecule has 0 amide bonds. The van der Waals surface area contributed by atoms with E-state index in [9.17, 15) is 0 Å². The van der Waals surface area contributed by atoms with E-state index in [0.717, 1.165) is 18.7 Å². The van der Waals surface area contributed by atoms with Crippen molar-refractivity contribution in [3.8, 4) is 0 Å². The highest BCUT2D eigenvalue weighted by atomic mass is 15.2. The summed E-state index contributed by atoms with van der Waals surface area (Å²) in [5.74, 6) is 0. The lowest BCUT2D eigenvalue weighted by Crippen LogP contribution is -2.46. The molecular formula is C17H29N3. The molecule has 3 unspecified atom stereocenters. The Morgan fingerprint density at radius 1 is 1.30 bits per heavy atom. The van der Waals surface area contributed by atoms with Gasteiger partial charge in [-0.25, -0.2) is 0 Å². The van der Waals surface area contributed by atoms with E-state index in [1.54, 1.807) is 0 Å². The third kappa shape index (κ3) is 3.58. The van der Waals surface area contributed by atoms with Crippen molar-refractivity contribution < 1.29 is 0 Å². The van der Waals surface area contributed by atoms with Gasteiger partial charge in [-0.05, 0) is 44.4 Å². The average molecular weight is 275 g/mol. The summed E-state index contributed by atoms with van der Waals surface area (Å²) in [7, 11) is 0. The molecule has 3 nitrogen and oxygen atoms in total. The van der Waals surface area contributed by atoms with Gasteiger partial charge in [0, 0.05) is 18.3 Å². The third-order valence-corrected chi connectivity index (χ3v) is 4.62. The highest BCUT2D eigenvalue weighted by Gasteiger charge is 2.31. The maximum absolute atomic E-state index is 6.47. The number of aromatic nitrogens is 1. The zero-order chi connectivity index (χ0) is 14.4. The van der Waals surface area contributed by atoms with Gasteiger partial charge in [0.05, 0.1) is 11.7 Å². The summed E-state index contributed by atoms with van der Waals surface area (Å²) < 4.78 is 0. The molecule has 0 aliphatic carbocycles. The molecule has 1 aliphatic heterocycles. The van der Waals surface area contributed by atoms with E-state index in [2.05, 4.69) is 35.9 Å². The van der Waals surface area contributed by atoms with Gasteiger partial charge >= 0.3 is 0 Å². The van der Waals surface area contributed by atoms with Crippen molar-refractivity contribution in [3.63, 3.8) is 0 Å². The summed E-state index contributed by atoms with van der Waals surface area (Å²) in [6.07, 6.45) is 9.39. The fourth-order valence-electron chi connectivity index (χ4n) is 3.41. The molecule has 0 radical (unpaired) electrons. The van der Waals surface area contributed by atoms with Crippen LogP contribution < -0.4 is 5.73 Å². The molecule has 0 spiro atoms. The summed E-state index contributed by atoms with van der Waals surface area (Å²) in [6.45, 7) is 5.64. The van der Waals surface area contributed by atoms with Crippen LogP contribution in [0.2, 0.25) is 0 Å². The molecule has 1 saturated heterocycles. The average Bonchev–Trinajstić information content (AvgIpc) is 2.74. The van der Waals surface area contributed by atoms with Crippen LogP contribution in [0.25, 0.3) is 0 Å². The van der Waals surface area contributed by atoms with Crippen LogP contribution in [0.5, 0.6) is 0 Å². The predicted octanol–water partition coefficient (Wildman–Crippen LogP) is 3.51. The minimum atomic E-state index is 0.164. The van der Waals surface area contributed by atoms with Crippen molar-refractivity contribution >= 4 is 0 Å². The maximum atomic E-state index is 6.47. The molecule has 1 fully saturated rings. The number of nitrogens with two attached hydrogens (primary N) is 1. The molecule has 1 aromatic heterocycles. The van der Waals surface area contributed by atoms with E-state index in [4.69, 9.17) is 5.73 Å². The second-order valence-corrected chi connectivity index (χ2v) is 5.92. The summed E-state index contributed by atoms with van der Waals surface area (Å²) >= 11 is 0. The minimum Gasteiger partial charge on any atom is -0.326 e. The highest BCUT2D eigenvalue weighted by molar-refractivity contribution is 5.12. The molecule has 2 N–H and O–H groups in total. The van der Waals surface area contributed by atoms with Crippen LogP contribution in [0, 0.1) is 0 Å². The Morgan fingerprint density at radius 3 is 2.80 bits per heavy atom. The Kier molecular flexibility index (Phi) is 5.99. The normalized spacial score (nSPS) is 24.1. The molecule has 20 heavy (non-hydrogen) atoms. The van der Waals surface area contributed by atoms with Crippen molar-refractivity contribution in [3.05, 3.63) is 30.1 Å². The largest absolute Gasteiger partial charge is 0.326 e. The van der Waals surface area contributed by atoms with E-state index in [1.807, 2.05) is 12.3 Å². The standard InChI is InChI=1S/C17H29N3/c1-3-14-10-6-5-9-13-20(14)17(15(18)4-2)16-11-7-8-12-19-16/h7-8,11-12,14-15,17H,3-6,9-10,13,18H2,1-2H3. The lowest BCUT2D eigenvalue weighted by molar-refractivity contribution is 0.109. The predicted molar refractivity (Wildman–Crippen MR) is 84.5 cm³/mol. The van der Waals surface area contributed by atoms with Crippen LogP contribution in [0.3, 0.4) is 0 Å². The molecule has 2 heterocycles. The Bertz CT molecular complexity index is 379. The van der Waals surface area contributed by atoms with Crippen LogP contribution in [0.15, 0.2) is 24.4 Å². The summed E-state index contributed by atoms with van der Waals surface area (Å²) in [5.41, 5.74) is 7.61. The lowest BCUT2D eigenvalue weighted by atomic mass is 9.97. The molecule has 112 valence electrons. The first-order valence-electron chi connectivity index (χ1n) is 8.20. The topological polar surface area (TPSA) is 42.1 Å². The van der Waals surface area contributed by atoms with E-state index in [-0.39, 0.29) is 12.1 Å². The van der Waals surface area contributed by atoms with E-state index >= 15 is 0 Å². The zero-order valence-corrected chi connectivity index (χ0v) is 13.0. The number of pyridine rings is 1. The summed E-state index contributed by atoms with van der Waals surface area (Å²) in [4.78, 5) is 7.24. The fourth-order valence-corrected chi connectivity index (χ4v) is 3.41. The first-order valence-corrected chi connectivity index (χ1v) is 8.20. The molecule has 0 aromatic carbocycles. The van der Waals surface area contributed by atoms with Crippen LogP contribution in [0.4, 0.5) is 0 Å². The first kappa shape index (κ1) is 15.5. The Hall–Kier alpha value is -0.930. The second-order valence-electron chi connectivity index (χ2n) is 5.92. The Labute approximate surface area is 123 Å². The molecule has 2 rings (SSSR count). The van der Waals surface area contributed by atoms with Gasteiger partial charge in [-0.1, -0.05) is 32.8 Å². The van der Waals surface area contributed by atoms with Crippen molar-refractivity contribution in [2.45, 2.75) is 70.5 Å². The number of nitrogens with zero attached hydrogens (tertiary/aromatic N) is 2. The van der Waals surface area contributed by atoms with Crippen LogP contribution in [-0.4, -0.2) is 28.5 Å². The van der Waals surface area contributed by atoms with Gasteiger partial charge in [-0.15, -0.1) is 0 Å². The van der Waals surface area contributed by atoms with Gasteiger partial charge in [0.25, 0.3) is 0 Å². The number of likely N-dealkylation sites (tertiary alicyclic amines) is 1. The molecule has 0 bridgehead atoms. The smallest absolute Gasteiger partial charge is 0.0675 e. The van der Waals surface area contributed by atoms with Gasteiger partial charge in [-0.3, -0.25) is 9.88 Å². The zero-order valence-electron chi connectivity index (χ0n) is 13.0. The quantitative estimate of drug-likeness (QED) is 0.894. The van der Waals surface area contributed by atoms with E-state index in [1.165, 1.54) is 32.1 Å². The number of rotatable bonds is 5. The molecule has 1 aliphatic rings. The van der Waals surface area contributed by atoms with Gasteiger partial charge < -0.3 is 5.73 Å². The number of hydrogen-bond donors (Lipinski definition) is 1. The second kappa shape index (κ2) is 7.75. The summed E-state index contributed by atoms with van der Waals surface area (Å²) in [5, 5.41) is 0. The Morgan fingerprint density at radius 2 is 2.15 bits per heavy atom. The van der Waals surface area contributed by atoms with Gasteiger partial charge in [0.15, 0.2) is 0 Å². The van der Waals surface area contributed by atoms with Gasteiger partial charge in [-0.2, -0.15) is 0 Å². The number of hydrogen-bond acceptors (Lipinski definition) is 3. The van der Waals surface area contributed by atoms with Crippen molar-refractivity contribution in [2.24, 2.45) is 5.73 Å². The van der Waals surface area contributed by atoms with Crippen molar-refractivity contribution in [2.75, 3.05) is 6.54 Å². The monoisotopic (exact) mass is 275 g/mol. The lowest BCUT2D eigenvalue weighted by Gasteiger charge is -2.39. The van der Waals surface area contributed by atoms with E-state index in [0.29, 0.717) is 6.04 Å². The molecule has 0 saturated carbocycles. The van der Waals surface area contributed by atoms with Crippen molar-refractivity contribution in [1.82, 2.24) is 9.88 Å². The first-order chi connectivity index (χ1) is 9.77. The minimum absolute atomic E-state index is 0.164. The molecule has 3 heteroatoms. The van der Waals surface area contributed by atoms with Crippen LogP contribution >= 0.6 is 0 Å². The molecule has 3 atom stereocenters. The third-order valence-electron chi connectivity index (χ3n) is 4.62. The highest BCUT2D eigenvalue weighted by Crippen LogP contribution is 2.31. The maximum Gasteiger partial charge on any atom is 0.0675 e. The SMILES string of the molecule is CCC(N)C(c1ccccn1)N1CCCCCC1CC. The fraction of sp³-hybridized carbons (Fsp3) is 0.706. The molecular weight excluding hydrogens is 246 g/mol. The van der Waals surface area contributed by atoms with Crippen LogP contribution in [-0.2, 0) is 0 Å².